The lowest BCUT2D eigenvalue weighted by Crippen LogP contribution is -2.64. The van der Waals surface area contributed by atoms with E-state index >= 15 is 0 Å². The molecule has 1 aromatic rings. The van der Waals surface area contributed by atoms with Crippen LogP contribution in [0.3, 0.4) is 0 Å². The molecule has 2 heterocycles. The largest absolute Gasteiger partial charge is 0.325 e. The third-order valence-corrected chi connectivity index (χ3v) is 4.36. The van der Waals surface area contributed by atoms with Crippen molar-refractivity contribution in [3.05, 3.63) is 52.1 Å². The third kappa shape index (κ3) is 3.68. The third-order valence-electron chi connectivity index (χ3n) is 4.36. The Labute approximate surface area is 160 Å². The second-order valence-corrected chi connectivity index (χ2v) is 6.16. The van der Waals surface area contributed by atoms with Gasteiger partial charge in [-0.05, 0) is 6.92 Å². The molecule has 3 amide bonds. The molecule has 0 spiro atoms. The molecule has 11 nitrogen and oxygen atoms in total. The van der Waals surface area contributed by atoms with E-state index < -0.39 is 29.1 Å². The molecule has 28 heavy (non-hydrogen) atoms. The highest BCUT2D eigenvalue weighted by Gasteiger charge is 2.48. The average Bonchev–Trinajstić information content (AvgIpc) is 3.04. The number of benzene rings is 1. The minimum absolute atomic E-state index is 0.0419. The van der Waals surface area contributed by atoms with Gasteiger partial charge in [0.2, 0.25) is 5.96 Å². The molecule has 2 aliphatic heterocycles. The van der Waals surface area contributed by atoms with Crippen LogP contribution in [0.25, 0.3) is 0 Å². The molecule has 2 unspecified atom stereocenters. The number of hydrazone groups is 1. The predicted molar refractivity (Wildman–Crippen MR) is 102 cm³/mol. The number of urea groups is 1. The van der Waals surface area contributed by atoms with Gasteiger partial charge >= 0.3 is 6.03 Å². The SMILES string of the molecule is C/C=C/CN1C(N/N=C/c2cccc([N+](=O)[O-])c2)=NC2C1C(=O)NC(=O)N2C. The average molecular weight is 385 g/mol. The molecule has 2 aliphatic rings. The quantitative estimate of drug-likeness (QED) is 0.331. The van der Waals surface area contributed by atoms with Crippen LogP contribution in [0, 0.1) is 10.1 Å². The van der Waals surface area contributed by atoms with Gasteiger partial charge in [0, 0.05) is 31.3 Å². The van der Waals surface area contributed by atoms with Crippen LogP contribution in [0.5, 0.6) is 0 Å². The van der Waals surface area contributed by atoms with Crippen molar-refractivity contribution in [2.24, 2.45) is 10.1 Å². The molecule has 0 aromatic heterocycles. The fraction of sp³-hybridized carbons (Fsp3) is 0.294. The van der Waals surface area contributed by atoms with Crippen molar-refractivity contribution in [1.29, 1.82) is 0 Å². The van der Waals surface area contributed by atoms with Crippen LogP contribution >= 0.6 is 0 Å². The molecule has 1 saturated heterocycles. The summed E-state index contributed by atoms with van der Waals surface area (Å²) in [5, 5.41) is 17.2. The van der Waals surface area contributed by atoms with Crippen LogP contribution in [0.15, 0.2) is 46.5 Å². The van der Waals surface area contributed by atoms with Gasteiger partial charge in [-0.25, -0.2) is 15.2 Å². The summed E-state index contributed by atoms with van der Waals surface area (Å²) in [6.45, 7) is 2.25. The van der Waals surface area contributed by atoms with Gasteiger partial charge in [0.05, 0.1) is 11.1 Å². The standard InChI is InChI=1S/C17H19N7O4/c1-3-4-8-23-13-14(22(2)17(26)20-15(13)25)19-16(23)21-18-10-11-6-5-7-12(9-11)24(27)28/h3-7,9-10,13-14H,8H2,1-2H3,(H,19,21)(H,20,25,26)/b4-3+,18-10+. The van der Waals surface area contributed by atoms with Crippen molar-refractivity contribution in [2.75, 3.05) is 13.6 Å². The summed E-state index contributed by atoms with van der Waals surface area (Å²) < 4.78 is 0. The molecular formula is C17H19N7O4. The van der Waals surface area contributed by atoms with E-state index in [0.29, 0.717) is 18.1 Å². The zero-order valence-electron chi connectivity index (χ0n) is 15.3. The first kappa shape index (κ1) is 19.0. The highest BCUT2D eigenvalue weighted by atomic mass is 16.6. The summed E-state index contributed by atoms with van der Waals surface area (Å²) in [4.78, 5) is 42.0. The van der Waals surface area contributed by atoms with Gasteiger partial charge in [0.15, 0.2) is 12.2 Å². The maximum atomic E-state index is 12.3. The van der Waals surface area contributed by atoms with Gasteiger partial charge in [-0.2, -0.15) is 5.10 Å². The summed E-state index contributed by atoms with van der Waals surface area (Å²) in [6, 6.07) is 4.83. The monoisotopic (exact) mass is 385 g/mol. The van der Waals surface area contributed by atoms with Gasteiger partial charge in [-0.3, -0.25) is 20.2 Å². The van der Waals surface area contributed by atoms with Crippen molar-refractivity contribution in [1.82, 2.24) is 20.5 Å². The molecule has 2 N–H and O–H groups in total. The molecule has 1 aromatic carbocycles. The summed E-state index contributed by atoms with van der Waals surface area (Å²) in [7, 11) is 1.56. The number of amides is 3. The van der Waals surface area contributed by atoms with Gasteiger partial charge in [0.25, 0.3) is 11.6 Å². The highest BCUT2D eigenvalue weighted by molar-refractivity contribution is 6.03. The first-order chi connectivity index (χ1) is 13.4. The zero-order valence-corrected chi connectivity index (χ0v) is 15.3. The second kappa shape index (κ2) is 7.86. The number of nitro groups is 1. The van der Waals surface area contributed by atoms with E-state index in [1.807, 2.05) is 19.1 Å². The van der Waals surface area contributed by atoms with E-state index in [0.717, 1.165) is 0 Å². The van der Waals surface area contributed by atoms with Crippen molar-refractivity contribution in [3.63, 3.8) is 0 Å². The number of hydrogen-bond acceptors (Lipinski definition) is 8. The number of fused-ring (bicyclic) bond motifs is 1. The number of imide groups is 1. The van der Waals surface area contributed by atoms with Crippen molar-refractivity contribution < 1.29 is 14.5 Å². The maximum Gasteiger partial charge on any atom is 0.325 e. The molecule has 11 heteroatoms. The number of carbonyl (C=O) groups excluding carboxylic acids is 2. The number of rotatable bonds is 5. The molecule has 0 radical (unpaired) electrons. The van der Waals surface area contributed by atoms with Gasteiger partial charge in [-0.15, -0.1) is 0 Å². The summed E-state index contributed by atoms with van der Waals surface area (Å²) in [6.07, 6.45) is 4.45. The smallest absolute Gasteiger partial charge is 0.322 e. The number of guanidine groups is 1. The van der Waals surface area contributed by atoms with E-state index in [4.69, 9.17) is 0 Å². The van der Waals surface area contributed by atoms with E-state index in [2.05, 4.69) is 20.8 Å². The fourth-order valence-corrected chi connectivity index (χ4v) is 2.92. The Morgan fingerprint density at radius 2 is 2.21 bits per heavy atom. The number of carbonyl (C=O) groups is 2. The Balaban J connectivity index is 1.80. The number of aliphatic imine (C=N–C) groups is 1. The van der Waals surface area contributed by atoms with Crippen molar-refractivity contribution >= 4 is 29.8 Å². The molecule has 3 rings (SSSR count). The second-order valence-electron chi connectivity index (χ2n) is 6.16. The topological polar surface area (TPSA) is 133 Å². The summed E-state index contributed by atoms with van der Waals surface area (Å²) in [5.41, 5.74) is 3.26. The normalized spacial score (nSPS) is 21.9. The van der Waals surface area contributed by atoms with E-state index in [-0.39, 0.29) is 5.69 Å². The van der Waals surface area contributed by atoms with Crippen LogP contribution in [0.1, 0.15) is 12.5 Å². The molecule has 0 bridgehead atoms. The number of allylic oxidation sites excluding steroid dienone is 1. The van der Waals surface area contributed by atoms with Gasteiger partial charge in [0.1, 0.15) is 0 Å². The number of nitrogens with one attached hydrogen (secondary N) is 2. The number of hydrogen-bond donors (Lipinski definition) is 2. The number of non-ortho nitro benzene ring substituents is 1. The van der Waals surface area contributed by atoms with E-state index in [9.17, 15) is 19.7 Å². The Kier molecular flexibility index (Phi) is 5.34. The van der Waals surface area contributed by atoms with Crippen molar-refractivity contribution in [3.8, 4) is 0 Å². The van der Waals surface area contributed by atoms with E-state index in [1.165, 1.54) is 23.2 Å². The number of nitro benzene ring substituents is 1. The zero-order chi connectivity index (χ0) is 20.3. The molecule has 0 saturated carbocycles. The van der Waals surface area contributed by atoms with Crippen LogP contribution in [-0.4, -0.2) is 64.6 Å². The molecule has 2 atom stereocenters. The van der Waals surface area contributed by atoms with Crippen LogP contribution in [-0.2, 0) is 4.79 Å². The molecule has 146 valence electrons. The predicted octanol–water partition coefficient (Wildman–Crippen LogP) is 0.642. The summed E-state index contributed by atoms with van der Waals surface area (Å²) in [5.74, 6) is -0.104. The van der Waals surface area contributed by atoms with Gasteiger partial charge in [-0.1, -0.05) is 24.3 Å². The molecule has 0 aliphatic carbocycles. The van der Waals surface area contributed by atoms with Gasteiger partial charge < -0.3 is 9.80 Å². The molecule has 1 fully saturated rings. The minimum Gasteiger partial charge on any atom is -0.322 e. The summed E-state index contributed by atoms with van der Waals surface area (Å²) >= 11 is 0. The Morgan fingerprint density at radius 3 is 2.93 bits per heavy atom. The number of nitrogens with zero attached hydrogens (tertiary/aromatic N) is 5. The van der Waals surface area contributed by atoms with Crippen LogP contribution in [0.4, 0.5) is 10.5 Å². The Bertz CT molecular complexity index is 895. The maximum absolute atomic E-state index is 12.3. The minimum atomic E-state index is -0.672. The van der Waals surface area contributed by atoms with E-state index in [1.54, 1.807) is 24.1 Å². The first-order valence-corrected chi connectivity index (χ1v) is 8.49. The first-order valence-electron chi connectivity index (χ1n) is 8.49. The lowest BCUT2D eigenvalue weighted by molar-refractivity contribution is -0.384. The van der Waals surface area contributed by atoms with Crippen LogP contribution < -0.4 is 10.7 Å². The molecular weight excluding hydrogens is 366 g/mol. The fourth-order valence-electron chi connectivity index (χ4n) is 2.92. The Morgan fingerprint density at radius 1 is 1.43 bits per heavy atom. The van der Waals surface area contributed by atoms with Crippen molar-refractivity contribution in [2.45, 2.75) is 19.1 Å². The number of likely N-dealkylation sites (N-methyl/N-ethyl adjacent to an activating group) is 1. The van der Waals surface area contributed by atoms with Crippen LogP contribution in [0.2, 0.25) is 0 Å². The lowest BCUT2D eigenvalue weighted by Gasteiger charge is -2.35. The lowest BCUT2D eigenvalue weighted by atomic mass is 10.1. The Hall–Kier alpha value is -3.76. The highest BCUT2D eigenvalue weighted by Crippen LogP contribution is 2.23.